The minimum absolute atomic E-state index is 0.142. The van der Waals surface area contributed by atoms with Crippen LogP contribution >= 0.6 is 0 Å². The minimum atomic E-state index is -4.88. The zero-order valence-electron chi connectivity index (χ0n) is 20.0. The van der Waals surface area contributed by atoms with Crippen LogP contribution < -0.4 is 19.1 Å². The van der Waals surface area contributed by atoms with Crippen LogP contribution in [-0.4, -0.2) is 37.4 Å². The fourth-order valence-corrected chi connectivity index (χ4v) is 4.20. The summed E-state index contributed by atoms with van der Waals surface area (Å²) in [4.78, 5) is 27.7. The Kier molecular flexibility index (Phi) is 6.84. The van der Waals surface area contributed by atoms with Crippen molar-refractivity contribution in [2.45, 2.75) is 19.3 Å². The van der Waals surface area contributed by atoms with E-state index in [0.29, 0.717) is 11.3 Å². The molecule has 0 aromatic heterocycles. The third kappa shape index (κ3) is 5.09. The van der Waals surface area contributed by atoms with Gasteiger partial charge in [-0.1, -0.05) is 29.8 Å². The Morgan fingerprint density at radius 2 is 1.59 bits per heavy atom. The molecule has 1 amide bonds. The van der Waals surface area contributed by atoms with Crippen LogP contribution in [0.1, 0.15) is 22.7 Å². The average Bonchev–Trinajstić information content (AvgIpc) is 3.13. The number of amides is 1. The molecular formula is C27H22F3NO6. The molecule has 0 bridgehead atoms. The number of aliphatic hydroxyl groups is 1. The molecule has 0 spiro atoms. The van der Waals surface area contributed by atoms with E-state index in [1.54, 1.807) is 24.3 Å². The number of ether oxygens (including phenoxy) is 3. The number of hydrogen-bond donors (Lipinski definition) is 1. The zero-order chi connectivity index (χ0) is 26.9. The molecule has 7 nitrogen and oxygen atoms in total. The van der Waals surface area contributed by atoms with E-state index in [4.69, 9.17) is 9.47 Å². The molecule has 1 saturated heterocycles. The molecule has 1 atom stereocenters. The fourth-order valence-electron chi connectivity index (χ4n) is 4.20. The molecule has 1 N–H and O–H groups in total. The molecule has 0 aliphatic carbocycles. The topological polar surface area (TPSA) is 85.3 Å². The van der Waals surface area contributed by atoms with Crippen LogP contribution in [0.25, 0.3) is 5.76 Å². The minimum Gasteiger partial charge on any atom is -0.507 e. The average molecular weight is 513 g/mol. The van der Waals surface area contributed by atoms with Gasteiger partial charge in [-0.15, -0.1) is 13.2 Å². The fraction of sp³-hybridized carbons (Fsp3) is 0.185. The maximum atomic E-state index is 13.3. The Morgan fingerprint density at radius 1 is 0.919 bits per heavy atom. The molecule has 1 unspecified atom stereocenters. The summed E-state index contributed by atoms with van der Waals surface area (Å²) in [6.45, 7) is 1.82. The number of benzene rings is 3. The summed E-state index contributed by atoms with van der Waals surface area (Å²) < 4.78 is 52.3. The number of methoxy groups -OCH3 is 2. The Bertz CT molecular complexity index is 1380. The van der Waals surface area contributed by atoms with Crippen LogP contribution in [-0.2, 0) is 9.59 Å². The van der Waals surface area contributed by atoms with Gasteiger partial charge in [-0.2, -0.15) is 0 Å². The standard InChI is InChI=1S/C27H22F3NO6/c1-15-5-4-6-16(13-15)23-22(24(32)20-12-11-19(35-2)14-21(20)36-3)25(33)26(34)31(23)17-7-9-18(10-8-17)37-27(28,29)30/h4-14,23,32H,1-3H3/b24-22-. The van der Waals surface area contributed by atoms with Crippen LogP contribution in [0.4, 0.5) is 18.9 Å². The van der Waals surface area contributed by atoms with E-state index in [0.717, 1.165) is 22.6 Å². The lowest BCUT2D eigenvalue weighted by Gasteiger charge is -2.26. The number of halogens is 3. The number of rotatable bonds is 6. The zero-order valence-corrected chi connectivity index (χ0v) is 20.0. The van der Waals surface area contributed by atoms with Gasteiger partial charge in [0.2, 0.25) is 0 Å². The van der Waals surface area contributed by atoms with E-state index in [-0.39, 0.29) is 22.6 Å². The van der Waals surface area contributed by atoms with Gasteiger partial charge in [-0.05, 0) is 48.9 Å². The first-order valence-corrected chi connectivity index (χ1v) is 11.0. The second kappa shape index (κ2) is 9.88. The van der Waals surface area contributed by atoms with Crippen molar-refractivity contribution in [2.24, 2.45) is 0 Å². The van der Waals surface area contributed by atoms with Crippen LogP contribution in [0.5, 0.6) is 17.2 Å². The summed E-state index contributed by atoms with van der Waals surface area (Å²) in [6, 6.07) is 15.1. The van der Waals surface area contributed by atoms with Crippen molar-refractivity contribution in [1.82, 2.24) is 0 Å². The van der Waals surface area contributed by atoms with Crippen molar-refractivity contribution in [2.75, 3.05) is 19.1 Å². The number of carbonyl (C=O) groups is 2. The van der Waals surface area contributed by atoms with Crippen LogP contribution in [0, 0.1) is 6.92 Å². The van der Waals surface area contributed by atoms with Gasteiger partial charge in [-0.25, -0.2) is 0 Å². The number of hydrogen-bond acceptors (Lipinski definition) is 6. The van der Waals surface area contributed by atoms with E-state index < -0.39 is 35.6 Å². The molecule has 1 aliphatic heterocycles. The summed E-state index contributed by atoms with van der Waals surface area (Å²) in [5.41, 5.74) is 1.45. The predicted molar refractivity (Wildman–Crippen MR) is 129 cm³/mol. The number of carbonyl (C=O) groups excluding carboxylic acids is 2. The number of alkyl halides is 3. The molecule has 0 radical (unpaired) electrons. The first-order valence-electron chi connectivity index (χ1n) is 11.0. The number of Topliss-reactive ketones (excluding diaryl/α,β-unsaturated/α-hetero) is 1. The van der Waals surface area contributed by atoms with Crippen molar-refractivity contribution >= 4 is 23.1 Å². The Hall–Kier alpha value is -4.47. The molecule has 3 aromatic rings. The molecule has 37 heavy (non-hydrogen) atoms. The quantitative estimate of drug-likeness (QED) is 0.265. The van der Waals surface area contributed by atoms with Crippen molar-refractivity contribution in [3.63, 3.8) is 0 Å². The molecule has 1 fully saturated rings. The number of aryl methyl sites for hydroxylation is 1. The second-order valence-corrected chi connectivity index (χ2v) is 8.19. The molecular weight excluding hydrogens is 491 g/mol. The van der Waals surface area contributed by atoms with Crippen molar-refractivity contribution in [3.8, 4) is 17.2 Å². The lowest BCUT2D eigenvalue weighted by Crippen LogP contribution is -2.29. The van der Waals surface area contributed by atoms with E-state index in [1.807, 2.05) is 13.0 Å². The van der Waals surface area contributed by atoms with Crippen molar-refractivity contribution in [3.05, 3.63) is 89.0 Å². The number of aliphatic hydroxyl groups excluding tert-OH is 1. The first-order chi connectivity index (χ1) is 17.5. The SMILES string of the molecule is COc1ccc(/C(O)=C2/C(=O)C(=O)N(c3ccc(OC(F)(F)F)cc3)C2c2cccc(C)c2)c(OC)c1. The smallest absolute Gasteiger partial charge is 0.507 e. The molecule has 4 rings (SSSR count). The summed E-state index contributed by atoms with van der Waals surface area (Å²) in [6.07, 6.45) is -4.88. The third-order valence-corrected chi connectivity index (χ3v) is 5.81. The molecule has 0 saturated carbocycles. The van der Waals surface area contributed by atoms with Gasteiger partial charge in [0.05, 0.1) is 31.4 Å². The summed E-state index contributed by atoms with van der Waals surface area (Å²) >= 11 is 0. The number of ketones is 1. The highest BCUT2D eigenvalue weighted by atomic mass is 19.4. The maximum Gasteiger partial charge on any atom is 0.573 e. The van der Waals surface area contributed by atoms with E-state index >= 15 is 0 Å². The first kappa shape index (κ1) is 25.6. The van der Waals surface area contributed by atoms with Crippen LogP contribution in [0.15, 0.2) is 72.3 Å². The number of nitrogens with zero attached hydrogens (tertiary/aromatic N) is 1. The molecule has 192 valence electrons. The second-order valence-electron chi connectivity index (χ2n) is 8.19. The van der Waals surface area contributed by atoms with Crippen molar-refractivity contribution in [1.29, 1.82) is 0 Å². The summed E-state index contributed by atoms with van der Waals surface area (Å²) in [5.74, 6) is -2.21. The lowest BCUT2D eigenvalue weighted by molar-refractivity contribution is -0.274. The highest BCUT2D eigenvalue weighted by Gasteiger charge is 2.47. The highest BCUT2D eigenvalue weighted by Crippen LogP contribution is 2.44. The van der Waals surface area contributed by atoms with Gasteiger partial charge in [0, 0.05) is 11.8 Å². The van der Waals surface area contributed by atoms with Gasteiger partial charge >= 0.3 is 6.36 Å². The normalized spacial score (nSPS) is 17.1. The predicted octanol–water partition coefficient (Wildman–Crippen LogP) is 5.54. The Labute approximate surface area is 210 Å². The Morgan fingerprint density at radius 3 is 2.19 bits per heavy atom. The van der Waals surface area contributed by atoms with Crippen LogP contribution in [0.2, 0.25) is 0 Å². The highest BCUT2D eigenvalue weighted by molar-refractivity contribution is 6.51. The van der Waals surface area contributed by atoms with Gasteiger partial charge in [0.1, 0.15) is 23.0 Å². The van der Waals surface area contributed by atoms with E-state index in [1.165, 1.54) is 38.5 Å². The summed E-state index contributed by atoms with van der Waals surface area (Å²) in [5, 5.41) is 11.3. The van der Waals surface area contributed by atoms with E-state index in [9.17, 15) is 27.9 Å². The summed E-state index contributed by atoms with van der Waals surface area (Å²) in [7, 11) is 2.84. The monoisotopic (exact) mass is 513 g/mol. The van der Waals surface area contributed by atoms with Gasteiger partial charge in [0.25, 0.3) is 11.7 Å². The largest absolute Gasteiger partial charge is 0.573 e. The lowest BCUT2D eigenvalue weighted by atomic mass is 9.94. The molecule has 1 aliphatic rings. The van der Waals surface area contributed by atoms with Gasteiger partial charge in [-0.3, -0.25) is 14.5 Å². The van der Waals surface area contributed by atoms with E-state index in [2.05, 4.69) is 4.74 Å². The number of anilines is 1. The molecule has 3 aromatic carbocycles. The molecule has 10 heteroatoms. The van der Waals surface area contributed by atoms with Gasteiger partial charge < -0.3 is 19.3 Å². The Balaban J connectivity index is 1.89. The maximum absolute atomic E-state index is 13.3. The van der Waals surface area contributed by atoms with Crippen LogP contribution in [0.3, 0.4) is 0 Å². The third-order valence-electron chi connectivity index (χ3n) is 5.81. The molecule has 1 heterocycles. The van der Waals surface area contributed by atoms with Crippen molar-refractivity contribution < 1.29 is 42.1 Å². The van der Waals surface area contributed by atoms with Gasteiger partial charge in [0.15, 0.2) is 0 Å².